The van der Waals surface area contributed by atoms with Gasteiger partial charge in [0.2, 0.25) is 0 Å². The zero-order valence-electron chi connectivity index (χ0n) is 17.2. The second kappa shape index (κ2) is 7.37. The molecule has 2 saturated carbocycles. The van der Waals surface area contributed by atoms with Crippen LogP contribution in [-0.4, -0.2) is 37.2 Å². The van der Waals surface area contributed by atoms with Gasteiger partial charge in [0.05, 0.1) is 12.6 Å². The molecule has 4 atom stereocenters. The standard InChI is InChI=1S/C24H34N2O2.H2/c1-2-28-23(27)25-22-15-24(21-6-4-3-5-20(21)22)9-11-26(12-10-24)16-19-14-17-7-8-18(19)13-17;/h3-6,17-19,22H,2,7-16H2,1H3,(H,25,27);1H/t17-,18-,19+,22+;/m0./s1. The molecule has 1 aromatic carbocycles. The van der Waals surface area contributed by atoms with Crippen molar-refractivity contribution in [3.05, 3.63) is 35.4 Å². The minimum absolute atomic E-state index is 0. The van der Waals surface area contributed by atoms with Crippen LogP contribution in [0.5, 0.6) is 0 Å². The summed E-state index contributed by atoms with van der Waals surface area (Å²) in [6.45, 7) is 6.00. The highest BCUT2D eigenvalue weighted by Gasteiger charge is 2.47. The third-order valence-corrected chi connectivity index (χ3v) is 8.26. The van der Waals surface area contributed by atoms with Gasteiger partial charge in [-0.25, -0.2) is 4.79 Å². The summed E-state index contributed by atoms with van der Waals surface area (Å²) >= 11 is 0. The van der Waals surface area contributed by atoms with E-state index in [-0.39, 0.29) is 19.0 Å². The molecular weight excluding hydrogens is 348 g/mol. The van der Waals surface area contributed by atoms with Crippen molar-refractivity contribution < 1.29 is 11.0 Å². The van der Waals surface area contributed by atoms with Crippen LogP contribution >= 0.6 is 0 Å². The van der Waals surface area contributed by atoms with Crippen molar-refractivity contribution in [2.24, 2.45) is 17.8 Å². The van der Waals surface area contributed by atoms with Crippen LogP contribution in [0, 0.1) is 17.8 Å². The van der Waals surface area contributed by atoms with Gasteiger partial charge < -0.3 is 15.0 Å². The van der Waals surface area contributed by atoms with Crippen molar-refractivity contribution in [2.45, 2.75) is 63.3 Å². The summed E-state index contributed by atoms with van der Waals surface area (Å²) in [6, 6.07) is 8.85. The van der Waals surface area contributed by atoms with Crippen LogP contribution in [0.4, 0.5) is 4.79 Å². The number of likely N-dealkylation sites (tertiary alicyclic amines) is 1. The second-order valence-corrected chi connectivity index (χ2v) is 9.72. The molecule has 2 bridgehead atoms. The molecule has 4 nitrogen and oxygen atoms in total. The molecule has 4 heteroatoms. The molecule has 1 aliphatic heterocycles. The number of hydrogen-bond donors (Lipinski definition) is 1. The van der Waals surface area contributed by atoms with Crippen LogP contribution < -0.4 is 5.32 Å². The van der Waals surface area contributed by atoms with Gasteiger partial charge in [-0.2, -0.15) is 0 Å². The second-order valence-electron chi connectivity index (χ2n) is 9.72. The van der Waals surface area contributed by atoms with Gasteiger partial charge in [-0.15, -0.1) is 0 Å². The molecule has 28 heavy (non-hydrogen) atoms. The molecule has 1 amide bonds. The van der Waals surface area contributed by atoms with Crippen LogP contribution in [0.15, 0.2) is 24.3 Å². The van der Waals surface area contributed by atoms with Crippen molar-refractivity contribution in [1.29, 1.82) is 0 Å². The predicted molar refractivity (Wildman–Crippen MR) is 112 cm³/mol. The van der Waals surface area contributed by atoms with E-state index >= 15 is 0 Å². The Morgan fingerprint density at radius 3 is 2.79 bits per heavy atom. The Balaban J connectivity index is 0.00000205. The van der Waals surface area contributed by atoms with Crippen molar-refractivity contribution in [3.8, 4) is 0 Å². The van der Waals surface area contributed by atoms with Crippen LogP contribution in [0.1, 0.15) is 70.5 Å². The molecule has 1 spiro atoms. The van der Waals surface area contributed by atoms with Gasteiger partial charge in [0, 0.05) is 13.4 Å². The highest BCUT2D eigenvalue weighted by molar-refractivity contribution is 5.68. The molecule has 5 rings (SSSR count). The van der Waals surface area contributed by atoms with E-state index in [9.17, 15) is 4.79 Å². The van der Waals surface area contributed by atoms with Crippen LogP contribution in [0.2, 0.25) is 0 Å². The number of benzene rings is 1. The first-order chi connectivity index (χ1) is 13.7. The number of piperidine rings is 1. The maximum absolute atomic E-state index is 12.0. The van der Waals surface area contributed by atoms with Gasteiger partial charge in [0.1, 0.15) is 0 Å². The molecule has 1 aromatic rings. The van der Waals surface area contributed by atoms with E-state index in [2.05, 4.69) is 34.5 Å². The quantitative estimate of drug-likeness (QED) is 0.803. The number of alkyl carbamates (subject to hydrolysis) is 1. The molecule has 3 aliphatic carbocycles. The van der Waals surface area contributed by atoms with Gasteiger partial charge in [-0.05, 0) is 87.4 Å². The Labute approximate surface area is 170 Å². The third-order valence-electron chi connectivity index (χ3n) is 8.26. The van der Waals surface area contributed by atoms with E-state index in [1.54, 1.807) is 0 Å². The summed E-state index contributed by atoms with van der Waals surface area (Å²) in [7, 11) is 0. The zero-order valence-corrected chi connectivity index (χ0v) is 17.2. The molecule has 1 heterocycles. The van der Waals surface area contributed by atoms with Crippen molar-refractivity contribution >= 4 is 6.09 Å². The number of nitrogens with one attached hydrogen (secondary N) is 1. The lowest BCUT2D eigenvalue weighted by Crippen LogP contribution is -2.44. The van der Waals surface area contributed by atoms with Gasteiger partial charge in [0.15, 0.2) is 0 Å². The minimum atomic E-state index is -0.284. The first kappa shape index (κ1) is 18.5. The fraction of sp³-hybridized carbons (Fsp3) is 0.708. The maximum Gasteiger partial charge on any atom is 0.407 e. The molecule has 3 fully saturated rings. The summed E-state index contributed by atoms with van der Waals surface area (Å²) in [5, 5.41) is 3.12. The summed E-state index contributed by atoms with van der Waals surface area (Å²) in [5.41, 5.74) is 3.00. The van der Waals surface area contributed by atoms with Crippen LogP contribution in [0.3, 0.4) is 0 Å². The molecular formula is C24H36N2O2. The van der Waals surface area contributed by atoms with Gasteiger partial charge in [0.25, 0.3) is 0 Å². The van der Waals surface area contributed by atoms with Crippen LogP contribution in [-0.2, 0) is 10.2 Å². The first-order valence-corrected chi connectivity index (χ1v) is 11.4. The topological polar surface area (TPSA) is 41.6 Å². The van der Waals surface area contributed by atoms with Gasteiger partial charge >= 0.3 is 6.09 Å². The van der Waals surface area contributed by atoms with Crippen LogP contribution in [0.25, 0.3) is 0 Å². The monoisotopic (exact) mass is 384 g/mol. The number of rotatable bonds is 4. The Hall–Kier alpha value is -1.55. The average molecular weight is 385 g/mol. The van der Waals surface area contributed by atoms with Gasteiger partial charge in [-0.3, -0.25) is 0 Å². The predicted octanol–water partition coefficient (Wildman–Crippen LogP) is 4.89. The molecule has 154 valence electrons. The van der Waals surface area contributed by atoms with Crippen molar-refractivity contribution in [3.63, 3.8) is 0 Å². The first-order valence-electron chi connectivity index (χ1n) is 11.4. The summed E-state index contributed by atoms with van der Waals surface area (Å²) in [5.74, 6) is 3.02. The van der Waals surface area contributed by atoms with E-state index in [0.29, 0.717) is 6.61 Å². The molecule has 0 unspecified atom stereocenters. The Morgan fingerprint density at radius 1 is 1.25 bits per heavy atom. The van der Waals surface area contributed by atoms with Crippen molar-refractivity contribution in [1.82, 2.24) is 10.2 Å². The fourth-order valence-corrected chi connectivity index (χ4v) is 6.91. The highest BCUT2D eigenvalue weighted by atomic mass is 16.5. The number of nitrogens with zero attached hydrogens (tertiary/aromatic N) is 1. The van der Waals surface area contributed by atoms with Crippen molar-refractivity contribution in [2.75, 3.05) is 26.2 Å². The number of carbonyl (C=O) groups is 1. The highest BCUT2D eigenvalue weighted by Crippen LogP contribution is 2.52. The smallest absolute Gasteiger partial charge is 0.407 e. The fourth-order valence-electron chi connectivity index (χ4n) is 6.91. The molecule has 4 aliphatic rings. The lowest BCUT2D eigenvalue weighted by atomic mass is 9.73. The lowest BCUT2D eigenvalue weighted by Gasteiger charge is -2.42. The minimum Gasteiger partial charge on any atom is -0.450 e. The Morgan fingerprint density at radius 2 is 2.07 bits per heavy atom. The van der Waals surface area contributed by atoms with E-state index < -0.39 is 0 Å². The lowest BCUT2D eigenvalue weighted by molar-refractivity contribution is 0.116. The third kappa shape index (κ3) is 3.24. The van der Waals surface area contributed by atoms with E-state index in [4.69, 9.17) is 4.74 Å². The maximum atomic E-state index is 12.0. The molecule has 1 N–H and O–H groups in total. The van der Waals surface area contributed by atoms with E-state index in [0.717, 1.165) is 24.2 Å². The molecule has 1 saturated heterocycles. The normalized spacial score (nSPS) is 33.2. The summed E-state index contributed by atoms with van der Waals surface area (Å²) in [6.07, 6.45) is 9.15. The van der Waals surface area contributed by atoms with E-state index in [1.807, 2.05) is 6.92 Å². The summed E-state index contributed by atoms with van der Waals surface area (Å²) < 4.78 is 5.15. The summed E-state index contributed by atoms with van der Waals surface area (Å²) in [4.78, 5) is 14.8. The number of fused-ring (bicyclic) bond motifs is 4. The van der Waals surface area contributed by atoms with E-state index in [1.165, 1.54) is 69.3 Å². The molecule has 0 aromatic heterocycles. The van der Waals surface area contributed by atoms with Gasteiger partial charge in [-0.1, -0.05) is 30.7 Å². The number of hydrogen-bond acceptors (Lipinski definition) is 3. The largest absolute Gasteiger partial charge is 0.450 e. The Kier molecular flexibility index (Phi) is 4.86. The average Bonchev–Trinajstić information content (AvgIpc) is 3.39. The SMILES string of the molecule is CCOC(=O)N[C@@H]1CC2(CCN(C[C@H]3C[C@H]4CC[C@H]3C4)CC2)c2ccccc21.[HH]. The number of amides is 1. The molecule has 0 radical (unpaired) electrons. The number of carbonyl (C=O) groups excluding carboxylic acids is 1. The Bertz CT molecular complexity index is 731. The zero-order chi connectivity index (χ0) is 19.1. The number of ether oxygens (including phenoxy) is 1.